The highest BCUT2D eigenvalue weighted by molar-refractivity contribution is 5.47. The molecule has 0 amide bonds. The lowest BCUT2D eigenvalue weighted by atomic mass is 9.83. The number of anilines is 4. The number of hydrogen-bond donors (Lipinski definition) is 2. The van der Waals surface area contributed by atoms with Gasteiger partial charge in [0, 0.05) is 50.1 Å². The predicted molar refractivity (Wildman–Crippen MR) is 158 cm³/mol. The van der Waals surface area contributed by atoms with E-state index in [1.54, 1.807) is 0 Å². The van der Waals surface area contributed by atoms with Crippen molar-refractivity contribution in [1.82, 2.24) is 19.9 Å². The van der Waals surface area contributed by atoms with Gasteiger partial charge in [0.05, 0.1) is 49.9 Å². The van der Waals surface area contributed by atoms with E-state index in [1.165, 1.54) is 0 Å². The molecule has 2 N–H and O–H groups in total. The van der Waals surface area contributed by atoms with Gasteiger partial charge in [0.2, 0.25) is 11.9 Å². The van der Waals surface area contributed by atoms with Gasteiger partial charge in [-0.15, -0.1) is 0 Å². The van der Waals surface area contributed by atoms with Crippen LogP contribution < -0.4 is 20.4 Å². The third-order valence-corrected chi connectivity index (χ3v) is 7.57. The lowest BCUT2D eigenvalue weighted by Gasteiger charge is -2.30. The van der Waals surface area contributed by atoms with Crippen molar-refractivity contribution in [2.45, 2.75) is 83.7 Å². The molecule has 216 valence electrons. The third-order valence-electron chi connectivity index (χ3n) is 7.57. The van der Waals surface area contributed by atoms with Gasteiger partial charge in [-0.3, -0.25) is 0 Å². The van der Waals surface area contributed by atoms with Crippen LogP contribution in [0.15, 0.2) is 12.1 Å². The van der Waals surface area contributed by atoms with Crippen molar-refractivity contribution in [3.05, 3.63) is 23.5 Å². The van der Waals surface area contributed by atoms with E-state index in [0.717, 1.165) is 93.7 Å². The second kappa shape index (κ2) is 12.2. The van der Waals surface area contributed by atoms with Gasteiger partial charge in [-0.2, -0.15) is 9.97 Å². The smallest absolute Gasteiger partial charge is 0.227 e. The van der Waals surface area contributed by atoms with Gasteiger partial charge in [-0.25, -0.2) is 9.97 Å². The molecule has 2 aliphatic rings. The van der Waals surface area contributed by atoms with E-state index in [-0.39, 0.29) is 10.8 Å². The first-order valence-corrected chi connectivity index (χ1v) is 14.3. The highest BCUT2D eigenvalue weighted by Gasteiger charge is 2.27. The largest absolute Gasteiger partial charge is 0.377 e. The van der Waals surface area contributed by atoms with E-state index in [2.05, 4.69) is 81.2 Å². The summed E-state index contributed by atoms with van der Waals surface area (Å²) < 4.78 is 10.7. The molecule has 0 radical (unpaired) electrons. The monoisotopic (exact) mass is 540 g/mol. The summed E-state index contributed by atoms with van der Waals surface area (Å²) in [6.07, 6.45) is 3.14. The molecule has 0 aromatic carbocycles. The topological polar surface area (TPSA) is 101 Å². The van der Waals surface area contributed by atoms with Crippen LogP contribution in [-0.4, -0.2) is 85.6 Å². The summed E-state index contributed by atoms with van der Waals surface area (Å²) in [6, 6.07) is 4.84. The maximum absolute atomic E-state index is 5.34. The first kappa shape index (κ1) is 29.3. The summed E-state index contributed by atoms with van der Waals surface area (Å²) in [7, 11) is 4.12. The second-order valence-electron chi connectivity index (χ2n) is 12.7. The van der Waals surface area contributed by atoms with Crippen molar-refractivity contribution in [3.8, 4) is 0 Å². The first-order valence-electron chi connectivity index (χ1n) is 14.3. The van der Waals surface area contributed by atoms with Crippen molar-refractivity contribution < 1.29 is 9.47 Å². The van der Waals surface area contributed by atoms with E-state index >= 15 is 0 Å². The molecule has 2 aromatic rings. The number of hydrogen-bond acceptors (Lipinski definition) is 10. The van der Waals surface area contributed by atoms with Crippen LogP contribution in [0, 0.1) is 0 Å². The highest BCUT2D eigenvalue weighted by Crippen LogP contribution is 2.31. The van der Waals surface area contributed by atoms with Crippen LogP contribution in [0.3, 0.4) is 0 Å². The number of rotatable bonds is 13. The Bertz CT molecular complexity index is 1100. The summed E-state index contributed by atoms with van der Waals surface area (Å²) in [5.74, 6) is 3.29. The average molecular weight is 541 g/mol. The van der Waals surface area contributed by atoms with Crippen molar-refractivity contribution in [1.29, 1.82) is 0 Å². The maximum Gasteiger partial charge on any atom is 0.227 e. The standard InChI is InChI=1S/C29H48N8O2/c1-9-36(7)26-33-23(15-25(34-26)31-21-18-39-19-21)29(5,6)12-10-11-13-37(8)27-32-22(28(2,3)4)14-24(35-27)30-20-16-38-17-20/h14-15,20-21H,9-13,16-19H2,1-8H3,(H,30,32,35)(H,31,33,34). The molecule has 2 saturated heterocycles. The molecule has 0 atom stereocenters. The van der Waals surface area contributed by atoms with E-state index in [4.69, 9.17) is 29.4 Å². The molecule has 39 heavy (non-hydrogen) atoms. The van der Waals surface area contributed by atoms with Crippen molar-refractivity contribution in [2.75, 3.05) is 74.0 Å². The molecule has 2 aromatic heterocycles. The van der Waals surface area contributed by atoms with Gasteiger partial charge in [-0.05, 0) is 19.8 Å². The number of unbranched alkanes of at least 4 members (excludes halogenated alkanes) is 1. The third kappa shape index (κ3) is 7.69. The van der Waals surface area contributed by atoms with Crippen LogP contribution in [0.1, 0.15) is 72.2 Å². The molecule has 4 heterocycles. The van der Waals surface area contributed by atoms with E-state index in [1.807, 2.05) is 7.05 Å². The van der Waals surface area contributed by atoms with Gasteiger partial charge in [0.15, 0.2) is 0 Å². The van der Waals surface area contributed by atoms with Gasteiger partial charge in [0.1, 0.15) is 11.6 Å². The molecule has 0 saturated carbocycles. The Morgan fingerprint density at radius 2 is 1.28 bits per heavy atom. The Labute approximate surface area is 234 Å². The molecular formula is C29H48N8O2. The highest BCUT2D eigenvalue weighted by atomic mass is 16.5. The molecule has 10 nitrogen and oxygen atoms in total. The van der Waals surface area contributed by atoms with E-state index in [0.29, 0.717) is 12.1 Å². The summed E-state index contributed by atoms with van der Waals surface area (Å²) in [5.41, 5.74) is 1.97. The summed E-state index contributed by atoms with van der Waals surface area (Å²) in [4.78, 5) is 23.7. The summed E-state index contributed by atoms with van der Waals surface area (Å²) >= 11 is 0. The van der Waals surface area contributed by atoms with Crippen LogP contribution in [0.2, 0.25) is 0 Å². The number of nitrogens with one attached hydrogen (secondary N) is 2. The van der Waals surface area contributed by atoms with Crippen molar-refractivity contribution in [2.24, 2.45) is 0 Å². The molecule has 0 spiro atoms. The van der Waals surface area contributed by atoms with Crippen molar-refractivity contribution in [3.63, 3.8) is 0 Å². The van der Waals surface area contributed by atoms with Crippen LogP contribution >= 0.6 is 0 Å². The maximum atomic E-state index is 5.34. The molecule has 0 unspecified atom stereocenters. The molecule has 10 heteroatoms. The van der Waals surface area contributed by atoms with Crippen LogP contribution in [0.25, 0.3) is 0 Å². The Hall–Kier alpha value is -2.72. The van der Waals surface area contributed by atoms with Gasteiger partial charge >= 0.3 is 0 Å². The lowest BCUT2D eigenvalue weighted by molar-refractivity contribution is 0.0209. The Morgan fingerprint density at radius 1 is 0.769 bits per heavy atom. The summed E-state index contributed by atoms with van der Waals surface area (Å²) in [5, 5.41) is 7.02. The number of ether oxygens (including phenoxy) is 2. The van der Waals surface area contributed by atoms with Crippen LogP contribution in [0.5, 0.6) is 0 Å². The van der Waals surface area contributed by atoms with Gasteiger partial charge in [-0.1, -0.05) is 41.0 Å². The normalized spacial score (nSPS) is 16.4. The predicted octanol–water partition coefficient (Wildman–Crippen LogP) is 4.23. The molecule has 4 rings (SSSR count). The zero-order valence-corrected chi connectivity index (χ0v) is 25.2. The SMILES string of the molecule is CCN(C)c1nc(NC2COC2)cc(C(C)(C)CCCCN(C)c2nc(NC3COC3)cc(C(C)(C)C)n2)n1. The molecule has 0 aliphatic carbocycles. The number of aromatic nitrogens is 4. The van der Waals surface area contributed by atoms with E-state index in [9.17, 15) is 0 Å². The van der Waals surface area contributed by atoms with Crippen LogP contribution in [0.4, 0.5) is 23.5 Å². The molecule has 2 aliphatic heterocycles. The minimum absolute atomic E-state index is 0.0588. The first-order chi connectivity index (χ1) is 18.4. The second-order valence-corrected chi connectivity index (χ2v) is 12.7. The molecule has 2 fully saturated rings. The van der Waals surface area contributed by atoms with E-state index < -0.39 is 0 Å². The Kier molecular flexibility index (Phi) is 9.16. The van der Waals surface area contributed by atoms with Crippen molar-refractivity contribution >= 4 is 23.5 Å². The molecular weight excluding hydrogens is 492 g/mol. The molecule has 0 bridgehead atoms. The average Bonchev–Trinajstić information content (AvgIpc) is 2.84. The fourth-order valence-corrected chi connectivity index (χ4v) is 4.43. The van der Waals surface area contributed by atoms with Gasteiger partial charge < -0.3 is 29.9 Å². The zero-order chi connectivity index (χ0) is 28.2. The minimum Gasteiger partial charge on any atom is -0.377 e. The zero-order valence-electron chi connectivity index (χ0n) is 25.2. The lowest BCUT2D eigenvalue weighted by Crippen LogP contribution is -2.40. The Balaban J connectivity index is 1.38. The number of nitrogens with zero attached hydrogens (tertiary/aromatic N) is 6. The fraction of sp³-hybridized carbons (Fsp3) is 0.724. The Morgan fingerprint density at radius 3 is 1.77 bits per heavy atom. The fourth-order valence-electron chi connectivity index (χ4n) is 4.43. The quantitative estimate of drug-likeness (QED) is 0.359. The summed E-state index contributed by atoms with van der Waals surface area (Å²) in [6.45, 7) is 17.9. The minimum atomic E-state index is -0.0814. The van der Waals surface area contributed by atoms with Crippen LogP contribution in [-0.2, 0) is 20.3 Å². The van der Waals surface area contributed by atoms with Gasteiger partial charge in [0.25, 0.3) is 0 Å².